The average molecular weight is 400 g/mol. The molecule has 7 heteroatoms. The van der Waals surface area contributed by atoms with Crippen molar-refractivity contribution in [3.8, 4) is 0 Å². The minimum absolute atomic E-state index is 0.176. The molecule has 7 nitrogen and oxygen atoms in total. The highest BCUT2D eigenvalue weighted by Crippen LogP contribution is 2.18. The van der Waals surface area contributed by atoms with E-state index in [1.807, 2.05) is 42.5 Å². The Labute approximate surface area is 173 Å². The molecule has 2 heterocycles. The molecule has 150 valence electrons. The van der Waals surface area contributed by atoms with Gasteiger partial charge in [0.1, 0.15) is 0 Å². The fourth-order valence-electron chi connectivity index (χ4n) is 3.03. The highest BCUT2D eigenvalue weighted by Gasteiger charge is 2.29. The summed E-state index contributed by atoms with van der Waals surface area (Å²) < 4.78 is 0. The van der Waals surface area contributed by atoms with Gasteiger partial charge in [-0.25, -0.2) is 0 Å². The van der Waals surface area contributed by atoms with Gasteiger partial charge in [0.05, 0.1) is 5.71 Å². The van der Waals surface area contributed by atoms with Gasteiger partial charge in [-0.3, -0.25) is 14.6 Å². The third-order valence-corrected chi connectivity index (χ3v) is 4.67. The van der Waals surface area contributed by atoms with Gasteiger partial charge >= 0.3 is 0 Å². The molecule has 0 radical (unpaired) electrons. The number of rotatable bonds is 6. The standard InChI is InChI=1S/C23H20N4O3/c28-22(25-14-16-5-2-1-3-6-16)17-8-10-19(11-9-17)26-23(29)21-13-20(27-30-21)18-7-4-12-24-15-18/h1-12,15,21H,13-14H2,(H,25,28)(H,26,29)/t21-/m0/s1. The summed E-state index contributed by atoms with van der Waals surface area (Å²) in [5.41, 5.74) is 3.65. The molecule has 1 atom stereocenters. The number of hydrogen-bond acceptors (Lipinski definition) is 5. The first-order chi connectivity index (χ1) is 14.7. The van der Waals surface area contributed by atoms with E-state index in [2.05, 4.69) is 20.8 Å². The first-order valence-corrected chi connectivity index (χ1v) is 9.55. The number of hydrogen-bond donors (Lipinski definition) is 2. The highest BCUT2D eigenvalue weighted by atomic mass is 16.6. The maximum absolute atomic E-state index is 12.5. The van der Waals surface area contributed by atoms with Gasteiger partial charge in [0.15, 0.2) is 0 Å². The number of aromatic nitrogens is 1. The van der Waals surface area contributed by atoms with Crippen LogP contribution in [0.5, 0.6) is 0 Å². The lowest BCUT2D eigenvalue weighted by Crippen LogP contribution is -2.28. The van der Waals surface area contributed by atoms with Crippen LogP contribution in [0.15, 0.2) is 84.3 Å². The van der Waals surface area contributed by atoms with Gasteiger partial charge < -0.3 is 15.5 Å². The van der Waals surface area contributed by atoms with Crippen molar-refractivity contribution in [1.29, 1.82) is 0 Å². The molecule has 0 unspecified atom stereocenters. The van der Waals surface area contributed by atoms with Gasteiger partial charge in [-0.2, -0.15) is 0 Å². The molecule has 3 aromatic rings. The Morgan fingerprint density at radius 2 is 1.80 bits per heavy atom. The van der Waals surface area contributed by atoms with Crippen molar-refractivity contribution in [1.82, 2.24) is 10.3 Å². The zero-order chi connectivity index (χ0) is 20.8. The van der Waals surface area contributed by atoms with E-state index in [4.69, 9.17) is 4.84 Å². The smallest absolute Gasteiger partial charge is 0.268 e. The number of oxime groups is 1. The van der Waals surface area contributed by atoms with Crippen LogP contribution in [0.1, 0.15) is 27.9 Å². The second-order valence-corrected chi connectivity index (χ2v) is 6.81. The average Bonchev–Trinajstić information content (AvgIpc) is 3.30. The summed E-state index contributed by atoms with van der Waals surface area (Å²) in [6.45, 7) is 0.455. The Kier molecular flexibility index (Phi) is 5.80. The Morgan fingerprint density at radius 3 is 2.53 bits per heavy atom. The summed E-state index contributed by atoms with van der Waals surface area (Å²) in [7, 11) is 0. The van der Waals surface area contributed by atoms with Gasteiger partial charge in [0.2, 0.25) is 6.10 Å². The molecule has 0 bridgehead atoms. The second kappa shape index (κ2) is 9.00. The Hall–Kier alpha value is -4.00. The van der Waals surface area contributed by atoms with E-state index in [0.29, 0.717) is 29.9 Å². The van der Waals surface area contributed by atoms with Crippen molar-refractivity contribution in [2.45, 2.75) is 19.1 Å². The van der Waals surface area contributed by atoms with Crippen LogP contribution in [0.4, 0.5) is 5.69 Å². The second-order valence-electron chi connectivity index (χ2n) is 6.81. The normalized spacial score (nSPS) is 15.1. The quantitative estimate of drug-likeness (QED) is 0.665. The molecule has 1 aromatic heterocycles. The number of carbonyl (C=O) groups is 2. The molecular formula is C23H20N4O3. The van der Waals surface area contributed by atoms with Crippen LogP contribution in [0.25, 0.3) is 0 Å². The third-order valence-electron chi connectivity index (χ3n) is 4.67. The van der Waals surface area contributed by atoms with E-state index in [0.717, 1.165) is 11.1 Å². The van der Waals surface area contributed by atoms with E-state index < -0.39 is 6.10 Å². The number of nitrogens with one attached hydrogen (secondary N) is 2. The summed E-state index contributed by atoms with van der Waals surface area (Å²) in [4.78, 5) is 34.1. The summed E-state index contributed by atoms with van der Waals surface area (Å²) in [6.07, 6.45) is 3.03. The lowest BCUT2D eigenvalue weighted by Gasteiger charge is -2.10. The number of carbonyl (C=O) groups excluding carboxylic acids is 2. The summed E-state index contributed by atoms with van der Waals surface area (Å²) in [5, 5.41) is 9.67. The molecule has 2 N–H and O–H groups in total. The van der Waals surface area contributed by atoms with E-state index in [9.17, 15) is 9.59 Å². The molecule has 0 spiro atoms. The zero-order valence-electron chi connectivity index (χ0n) is 16.1. The Morgan fingerprint density at radius 1 is 1.00 bits per heavy atom. The van der Waals surface area contributed by atoms with Crippen LogP contribution in [0.3, 0.4) is 0 Å². The van der Waals surface area contributed by atoms with Crippen LogP contribution in [-0.2, 0) is 16.2 Å². The number of nitrogens with zero attached hydrogens (tertiary/aromatic N) is 2. The van der Waals surface area contributed by atoms with Crippen molar-refractivity contribution < 1.29 is 14.4 Å². The van der Waals surface area contributed by atoms with E-state index in [1.54, 1.807) is 36.7 Å². The van der Waals surface area contributed by atoms with Gasteiger partial charge in [0.25, 0.3) is 11.8 Å². The minimum Gasteiger partial charge on any atom is -0.382 e. The Bertz CT molecular complexity index is 1050. The van der Waals surface area contributed by atoms with Crippen LogP contribution in [-0.4, -0.2) is 28.6 Å². The molecule has 0 saturated carbocycles. The fraction of sp³-hybridized carbons (Fsp3) is 0.130. The molecule has 30 heavy (non-hydrogen) atoms. The van der Waals surface area contributed by atoms with Crippen LogP contribution in [0, 0.1) is 0 Å². The summed E-state index contributed by atoms with van der Waals surface area (Å²) >= 11 is 0. The van der Waals surface area contributed by atoms with E-state index in [-0.39, 0.29) is 11.8 Å². The van der Waals surface area contributed by atoms with Gasteiger partial charge in [0, 0.05) is 42.2 Å². The predicted octanol–water partition coefficient (Wildman–Crippen LogP) is 3.14. The lowest BCUT2D eigenvalue weighted by molar-refractivity contribution is -0.125. The van der Waals surface area contributed by atoms with E-state index in [1.165, 1.54) is 0 Å². The molecule has 4 rings (SSSR count). The Balaban J connectivity index is 1.29. The van der Waals surface area contributed by atoms with Crippen molar-refractivity contribution >= 4 is 23.2 Å². The monoisotopic (exact) mass is 400 g/mol. The van der Waals surface area contributed by atoms with Crippen molar-refractivity contribution in [3.05, 3.63) is 95.8 Å². The minimum atomic E-state index is -0.700. The first kappa shape index (κ1) is 19.3. The molecule has 0 fully saturated rings. The molecule has 0 aliphatic carbocycles. The first-order valence-electron chi connectivity index (χ1n) is 9.55. The van der Waals surface area contributed by atoms with Crippen molar-refractivity contribution in [3.63, 3.8) is 0 Å². The van der Waals surface area contributed by atoms with Gasteiger partial charge in [-0.05, 0) is 42.0 Å². The fourth-order valence-corrected chi connectivity index (χ4v) is 3.03. The maximum atomic E-state index is 12.5. The molecule has 1 aliphatic rings. The third kappa shape index (κ3) is 4.70. The SMILES string of the molecule is O=C(NCc1ccccc1)c1ccc(NC(=O)[C@@H]2CC(c3cccnc3)=NO2)cc1. The molecule has 2 aromatic carbocycles. The molecule has 0 saturated heterocycles. The highest BCUT2D eigenvalue weighted by molar-refractivity contribution is 6.06. The topological polar surface area (TPSA) is 92.7 Å². The number of amides is 2. The molecular weight excluding hydrogens is 380 g/mol. The molecule has 1 aliphatic heterocycles. The number of benzene rings is 2. The van der Waals surface area contributed by atoms with Crippen LogP contribution < -0.4 is 10.6 Å². The van der Waals surface area contributed by atoms with Crippen molar-refractivity contribution in [2.24, 2.45) is 5.16 Å². The molecule has 2 amide bonds. The largest absolute Gasteiger partial charge is 0.382 e. The predicted molar refractivity (Wildman–Crippen MR) is 113 cm³/mol. The lowest BCUT2D eigenvalue weighted by atomic mass is 10.1. The summed E-state index contributed by atoms with van der Waals surface area (Å²) in [6, 6.07) is 20.1. The summed E-state index contributed by atoms with van der Waals surface area (Å²) in [5.74, 6) is -0.468. The van der Waals surface area contributed by atoms with Crippen LogP contribution >= 0.6 is 0 Å². The van der Waals surface area contributed by atoms with E-state index >= 15 is 0 Å². The van der Waals surface area contributed by atoms with Gasteiger partial charge in [-0.15, -0.1) is 0 Å². The van der Waals surface area contributed by atoms with Crippen LogP contribution in [0.2, 0.25) is 0 Å². The van der Waals surface area contributed by atoms with Gasteiger partial charge in [-0.1, -0.05) is 35.5 Å². The number of pyridine rings is 1. The number of anilines is 1. The maximum Gasteiger partial charge on any atom is 0.268 e. The zero-order valence-corrected chi connectivity index (χ0v) is 16.1. The van der Waals surface area contributed by atoms with Crippen molar-refractivity contribution in [2.75, 3.05) is 5.32 Å².